The fourth-order valence-electron chi connectivity index (χ4n) is 4.73. The van der Waals surface area contributed by atoms with Gasteiger partial charge in [-0.25, -0.2) is 14.8 Å². The first-order valence-corrected chi connectivity index (χ1v) is 13.5. The number of nitrogens with two attached hydrogens (primary N) is 1. The van der Waals surface area contributed by atoms with Crippen LogP contribution in [0, 0.1) is 0 Å². The van der Waals surface area contributed by atoms with E-state index < -0.39 is 0 Å². The van der Waals surface area contributed by atoms with Crippen LogP contribution in [0.4, 0.5) is 16.6 Å². The molecule has 3 N–H and O–H groups in total. The third kappa shape index (κ3) is 6.54. The molecule has 3 aromatic rings. The molecule has 0 unspecified atom stereocenters. The Morgan fingerprint density at radius 3 is 2.39 bits per heavy atom. The number of nitrogen functional groups attached to an aromatic ring is 1. The van der Waals surface area contributed by atoms with Gasteiger partial charge < -0.3 is 30.3 Å². The summed E-state index contributed by atoms with van der Waals surface area (Å²) >= 11 is 0. The van der Waals surface area contributed by atoms with Gasteiger partial charge in [-0.05, 0) is 36.8 Å². The Hall–Kier alpha value is -3.82. The number of piperazine rings is 1. The quantitative estimate of drug-likeness (QED) is 0.355. The summed E-state index contributed by atoms with van der Waals surface area (Å²) in [6, 6.07) is 9.51. The monoisotopic (exact) mass is 521 g/mol. The molecule has 3 heterocycles. The van der Waals surface area contributed by atoms with E-state index in [1.165, 1.54) is 25.7 Å². The molecule has 2 amide bonds. The van der Waals surface area contributed by atoms with Crippen molar-refractivity contribution in [3.63, 3.8) is 0 Å². The molecule has 0 radical (unpaired) electrons. The first kappa shape index (κ1) is 27.2. The third-order valence-electron chi connectivity index (χ3n) is 6.89. The van der Waals surface area contributed by atoms with E-state index in [9.17, 15) is 4.79 Å². The molecular formula is C28H39N7O3. The summed E-state index contributed by atoms with van der Waals surface area (Å²) in [7, 11) is 3.22. The highest BCUT2D eigenvalue weighted by Crippen LogP contribution is 2.33. The van der Waals surface area contributed by atoms with Crippen molar-refractivity contribution in [1.82, 2.24) is 25.2 Å². The molecule has 0 atom stereocenters. The lowest BCUT2D eigenvalue weighted by atomic mass is 10.1. The minimum absolute atomic E-state index is 0.000804. The number of methoxy groups -OCH3 is 2. The van der Waals surface area contributed by atoms with E-state index >= 15 is 0 Å². The first-order valence-electron chi connectivity index (χ1n) is 13.5. The Bertz CT molecular complexity index is 1230. The van der Waals surface area contributed by atoms with Gasteiger partial charge in [0.25, 0.3) is 0 Å². The zero-order chi connectivity index (χ0) is 26.9. The molecule has 10 nitrogen and oxygen atoms in total. The SMILES string of the molecule is CCCCCCCCNC(=O)N1CCN(c2nc(N)nc3ccc(-c4ccc(OC)c(OC)c4)nc23)CC1. The van der Waals surface area contributed by atoms with E-state index in [4.69, 9.17) is 20.2 Å². The molecule has 0 saturated carbocycles. The summed E-state index contributed by atoms with van der Waals surface area (Å²) < 4.78 is 10.8. The van der Waals surface area contributed by atoms with Crippen LogP contribution in [0.15, 0.2) is 30.3 Å². The van der Waals surface area contributed by atoms with E-state index in [1.54, 1.807) is 14.2 Å². The summed E-state index contributed by atoms with van der Waals surface area (Å²) in [5.74, 6) is 2.17. The van der Waals surface area contributed by atoms with E-state index in [0.29, 0.717) is 54.5 Å². The van der Waals surface area contributed by atoms with E-state index in [-0.39, 0.29) is 12.0 Å². The fourth-order valence-corrected chi connectivity index (χ4v) is 4.73. The molecule has 0 spiro atoms. The lowest BCUT2D eigenvalue weighted by Gasteiger charge is -2.35. The zero-order valence-corrected chi connectivity index (χ0v) is 22.7. The maximum Gasteiger partial charge on any atom is 0.317 e. The molecule has 1 saturated heterocycles. The van der Waals surface area contributed by atoms with Gasteiger partial charge in [-0.1, -0.05) is 39.0 Å². The number of pyridine rings is 1. The average molecular weight is 522 g/mol. The number of carbonyl (C=O) groups is 1. The average Bonchev–Trinajstić information content (AvgIpc) is 2.95. The number of unbranched alkanes of at least 4 members (excludes halogenated alkanes) is 5. The molecular weight excluding hydrogens is 482 g/mol. The minimum atomic E-state index is -0.000804. The van der Waals surface area contributed by atoms with Crippen LogP contribution in [0.25, 0.3) is 22.3 Å². The van der Waals surface area contributed by atoms with Crippen molar-refractivity contribution < 1.29 is 14.3 Å². The number of hydrogen-bond donors (Lipinski definition) is 2. The predicted molar refractivity (Wildman–Crippen MR) is 151 cm³/mol. The van der Waals surface area contributed by atoms with Crippen LogP contribution in [-0.4, -0.2) is 72.8 Å². The standard InChI is InChI=1S/C28H39N7O3/c1-4-5-6-7-8-9-14-30-28(36)35-17-15-34(16-18-35)26-25-22(32-27(29)33-26)12-11-21(31-25)20-10-13-23(37-2)24(19-20)38-3/h10-13,19H,4-9,14-18H2,1-3H3,(H,30,36)(H2,29,32,33). The molecule has 1 fully saturated rings. The number of urea groups is 1. The molecule has 1 aliphatic heterocycles. The van der Waals surface area contributed by atoms with Crippen LogP contribution in [0.5, 0.6) is 11.5 Å². The van der Waals surface area contributed by atoms with Gasteiger partial charge in [0.15, 0.2) is 17.3 Å². The number of carbonyl (C=O) groups excluding carboxylic acids is 1. The Morgan fingerprint density at radius 1 is 0.921 bits per heavy atom. The van der Waals surface area contributed by atoms with Gasteiger partial charge >= 0.3 is 6.03 Å². The number of rotatable bonds is 11. The van der Waals surface area contributed by atoms with Gasteiger partial charge in [0.05, 0.1) is 25.4 Å². The lowest BCUT2D eigenvalue weighted by molar-refractivity contribution is 0.194. The normalized spacial score (nSPS) is 13.6. The lowest BCUT2D eigenvalue weighted by Crippen LogP contribution is -2.52. The van der Waals surface area contributed by atoms with Crippen molar-refractivity contribution in [1.29, 1.82) is 0 Å². The topological polar surface area (TPSA) is 119 Å². The van der Waals surface area contributed by atoms with Crippen molar-refractivity contribution in [3.8, 4) is 22.8 Å². The van der Waals surface area contributed by atoms with E-state index in [0.717, 1.165) is 30.6 Å². The van der Waals surface area contributed by atoms with Crippen LogP contribution >= 0.6 is 0 Å². The Balaban J connectivity index is 1.43. The Kier molecular flexibility index (Phi) is 9.40. The van der Waals surface area contributed by atoms with Crippen LogP contribution in [0.2, 0.25) is 0 Å². The minimum Gasteiger partial charge on any atom is -0.493 e. The van der Waals surface area contributed by atoms with Crippen molar-refractivity contribution in [2.45, 2.75) is 45.4 Å². The smallest absolute Gasteiger partial charge is 0.317 e. The number of amides is 2. The summed E-state index contributed by atoms with van der Waals surface area (Å²) in [5.41, 5.74) is 9.05. The summed E-state index contributed by atoms with van der Waals surface area (Å²) in [6.07, 6.45) is 7.23. The van der Waals surface area contributed by atoms with Gasteiger partial charge in [0.2, 0.25) is 5.95 Å². The summed E-state index contributed by atoms with van der Waals surface area (Å²) in [6.45, 7) is 5.42. The highest BCUT2D eigenvalue weighted by Gasteiger charge is 2.24. The van der Waals surface area contributed by atoms with Crippen molar-refractivity contribution >= 4 is 28.8 Å². The second-order valence-corrected chi connectivity index (χ2v) is 9.51. The highest BCUT2D eigenvalue weighted by atomic mass is 16.5. The van der Waals surface area contributed by atoms with Crippen LogP contribution in [-0.2, 0) is 0 Å². The van der Waals surface area contributed by atoms with Crippen molar-refractivity contribution in [2.75, 3.05) is 57.6 Å². The molecule has 204 valence electrons. The Labute approximate surface area is 224 Å². The molecule has 1 aromatic carbocycles. The fraction of sp³-hybridized carbons (Fsp3) is 0.500. The molecule has 1 aliphatic rings. The third-order valence-corrected chi connectivity index (χ3v) is 6.89. The highest BCUT2D eigenvalue weighted by molar-refractivity contribution is 5.89. The summed E-state index contributed by atoms with van der Waals surface area (Å²) in [5, 5.41) is 3.07. The van der Waals surface area contributed by atoms with E-state index in [1.807, 2.05) is 35.2 Å². The largest absolute Gasteiger partial charge is 0.493 e. The summed E-state index contributed by atoms with van der Waals surface area (Å²) in [4.78, 5) is 30.5. The van der Waals surface area contributed by atoms with Crippen molar-refractivity contribution in [3.05, 3.63) is 30.3 Å². The maximum atomic E-state index is 12.7. The number of nitrogens with one attached hydrogen (secondary N) is 1. The molecule has 0 aliphatic carbocycles. The maximum absolute atomic E-state index is 12.7. The number of ether oxygens (including phenoxy) is 2. The van der Waals surface area contributed by atoms with Gasteiger partial charge in [-0.3, -0.25) is 0 Å². The van der Waals surface area contributed by atoms with Crippen LogP contribution in [0.1, 0.15) is 45.4 Å². The number of anilines is 2. The van der Waals surface area contributed by atoms with E-state index in [2.05, 4.69) is 27.1 Å². The number of benzene rings is 1. The van der Waals surface area contributed by atoms with Gasteiger partial charge in [0, 0.05) is 38.3 Å². The van der Waals surface area contributed by atoms with Gasteiger partial charge in [0.1, 0.15) is 5.52 Å². The van der Waals surface area contributed by atoms with Gasteiger partial charge in [-0.2, -0.15) is 4.98 Å². The Morgan fingerprint density at radius 2 is 1.66 bits per heavy atom. The van der Waals surface area contributed by atoms with Gasteiger partial charge in [-0.15, -0.1) is 0 Å². The first-order chi connectivity index (χ1) is 18.5. The number of hydrogen-bond acceptors (Lipinski definition) is 8. The number of fused-ring (bicyclic) bond motifs is 1. The molecule has 2 aromatic heterocycles. The predicted octanol–water partition coefficient (Wildman–Crippen LogP) is 4.48. The molecule has 4 rings (SSSR count). The zero-order valence-electron chi connectivity index (χ0n) is 22.7. The second kappa shape index (κ2) is 13.1. The van der Waals surface area contributed by atoms with Crippen LogP contribution in [0.3, 0.4) is 0 Å². The van der Waals surface area contributed by atoms with Crippen LogP contribution < -0.4 is 25.4 Å². The number of aromatic nitrogens is 3. The molecule has 38 heavy (non-hydrogen) atoms. The number of nitrogens with zero attached hydrogens (tertiary/aromatic N) is 5. The second-order valence-electron chi connectivity index (χ2n) is 9.51. The van der Waals surface area contributed by atoms with Crippen molar-refractivity contribution in [2.24, 2.45) is 0 Å². The molecule has 10 heteroatoms. The molecule has 0 bridgehead atoms.